The highest BCUT2D eigenvalue weighted by Crippen LogP contribution is 2.34. The lowest BCUT2D eigenvalue weighted by Crippen LogP contribution is -2.34. The van der Waals surface area contributed by atoms with Crippen LogP contribution in [-0.2, 0) is 9.59 Å². The summed E-state index contributed by atoms with van der Waals surface area (Å²) in [5.41, 5.74) is 1.95. The second-order valence-electron chi connectivity index (χ2n) is 5.23. The molecule has 2 fully saturated rings. The van der Waals surface area contributed by atoms with Crippen molar-refractivity contribution in [2.24, 2.45) is 5.10 Å². The summed E-state index contributed by atoms with van der Waals surface area (Å²) in [6.45, 7) is -3.18. The molecular weight excluding hydrogens is 484 g/mol. The topological polar surface area (TPSA) is 167 Å². The molecule has 2 aliphatic heterocycles. The Morgan fingerprint density at radius 3 is 2.80 bits per heavy atom. The van der Waals surface area contributed by atoms with Gasteiger partial charge in [0, 0.05) is 6.85 Å². The van der Waals surface area contributed by atoms with Crippen LogP contribution in [0.3, 0.4) is 0 Å². The molecule has 0 saturated carbocycles. The van der Waals surface area contributed by atoms with Gasteiger partial charge in [0.05, 0.1) is 29.6 Å². The Labute approximate surface area is 195 Å². The molecule has 1 aromatic rings. The van der Waals surface area contributed by atoms with E-state index in [0.717, 1.165) is 6.54 Å². The SMILES string of the molecule is [2H]C([2H])CC([2H])([2H])[2H].[2H]C1NC2CN2C1=O.[2H]Oc1c(Cl)cc(NN=C(C#N)C(=O)NC(=O)O)cc1Br. The van der Waals surface area contributed by atoms with Crippen molar-refractivity contribution in [2.45, 2.75) is 26.3 Å². The van der Waals surface area contributed by atoms with E-state index in [0.29, 0.717) is 4.47 Å². The van der Waals surface area contributed by atoms with Crippen LogP contribution < -0.4 is 16.1 Å². The monoisotopic (exact) mass is 509 g/mol. The first kappa shape index (κ1) is 15.9. The van der Waals surface area contributed by atoms with Crippen molar-refractivity contribution in [1.29, 1.82) is 6.69 Å². The smallest absolute Gasteiger partial charge is 0.411 e. The Balaban J connectivity index is 0.000000345. The van der Waals surface area contributed by atoms with E-state index >= 15 is 0 Å². The van der Waals surface area contributed by atoms with Crippen LogP contribution in [0.1, 0.15) is 28.4 Å². The van der Waals surface area contributed by atoms with Crippen molar-refractivity contribution in [1.82, 2.24) is 15.5 Å². The fourth-order valence-electron chi connectivity index (χ4n) is 1.80. The van der Waals surface area contributed by atoms with Gasteiger partial charge >= 0.3 is 6.09 Å². The minimum absolute atomic E-state index is 0.0741. The minimum atomic E-state index is -2.10. The molecule has 2 saturated heterocycles. The van der Waals surface area contributed by atoms with E-state index in [1.165, 1.54) is 23.5 Å². The van der Waals surface area contributed by atoms with Crippen molar-refractivity contribution < 1.29 is 32.8 Å². The Bertz CT molecular complexity index is 1060. The average Bonchev–Trinajstić information content (AvgIpc) is 3.45. The molecule has 2 unspecified atom stereocenters. The number of rotatable bonds is 4. The van der Waals surface area contributed by atoms with E-state index in [1.807, 2.05) is 0 Å². The molecule has 2 atom stereocenters. The molecule has 0 bridgehead atoms. The fraction of sp³-hybridized carbons (Fsp3) is 0.353. The maximum atomic E-state index is 11.3. The number of imide groups is 1. The zero-order valence-corrected chi connectivity index (χ0v) is 17.3. The van der Waals surface area contributed by atoms with Gasteiger partial charge in [0.2, 0.25) is 11.6 Å². The van der Waals surface area contributed by atoms with Gasteiger partial charge in [-0.3, -0.25) is 25.6 Å². The summed E-state index contributed by atoms with van der Waals surface area (Å²) in [5, 5.41) is 29.2. The number of anilines is 1. The zero-order chi connectivity index (χ0) is 28.5. The van der Waals surface area contributed by atoms with Gasteiger partial charge in [-0.1, -0.05) is 31.7 Å². The summed E-state index contributed by atoms with van der Waals surface area (Å²) in [6.07, 6.45) is -1.73. The summed E-state index contributed by atoms with van der Waals surface area (Å²) >= 11 is 8.93. The van der Waals surface area contributed by atoms with Gasteiger partial charge in [-0.25, -0.2) is 4.79 Å². The number of carboxylic acid groups (broad SMARTS) is 1. The molecule has 162 valence electrons. The van der Waals surface area contributed by atoms with Gasteiger partial charge in [0.1, 0.15) is 18.0 Å². The zero-order valence-electron chi connectivity index (χ0n) is 22.0. The molecule has 1 aromatic carbocycles. The fourth-order valence-corrected chi connectivity index (χ4v) is 2.60. The number of fused-ring (bicyclic) bond motifs is 1. The number of hydrogen-bond donors (Lipinski definition) is 5. The van der Waals surface area contributed by atoms with Crippen molar-refractivity contribution in [3.05, 3.63) is 21.6 Å². The van der Waals surface area contributed by atoms with Crippen LogP contribution in [0, 0.1) is 11.3 Å². The number of hydrazone groups is 1. The Morgan fingerprint density at radius 2 is 2.40 bits per heavy atom. The summed E-state index contributed by atoms with van der Waals surface area (Å²) in [7, 11) is 0. The molecule has 0 aliphatic carbocycles. The highest BCUT2D eigenvalue weighted by Gasteiger charge is 2.43. The molecule has 11 nitrogen and oxygen atoms in total. The van der Waals surface area contributed by atoms with Gasteiger partial charge in [-0.2, -0.15) is 10.4 Å². The third-order valence-electron chi connectivity index (χ3n) is 3.13. The Morgan fingerprint density at radius 1 is 1.63 bits per heavy atom. The predicted octanol–water partition coefficient (Wildman–Crippen LogP) is 2.07. The Hall–Kier alpha value is -2.88. The number of aromatic hydroxyl groups is 1. The predicted molar refractivity (Wildman–Crippen MR) is 113 cm³/mol. The molecule has 2 heterocycles. The summed E-state index contributed by atoms with van der Waals surface area (Å²) in [6, 6.07) is 4.21. The molecule has 30 heavy (non-hydrogen) atoms. The van der Waals surface area contributed by atoms with Crippen LogP contribution >= 0.6 is 27.5 Å². The van der Waals surface area contributed by atoms with E-state index in [-0.39, 0.29) is 35.0 Å². The number of benzene rings is 1. The number of carbonyl (C=O) groups is 3. The highest BCUT2D eigenvalue weighted by molar-refractivity contribution is 9.10. The minimum Gasteiger partial charge on any atom is -0.505 e. The van der Waals surface area contributed by atoms with Gasteiger partial charge in [0.15, 0.2) is 0 Å². The third-order valence-corrected chi connectivity index (χ3v) is 4.00. The van der Waals surface area contributed by atoms with E-state index < -0.39 is 38.0 Å². The lowest BCUT2D eigenvalue weighted by Gasteiger charge is -2.05. The van der Waals surface area contributed by atoms with E-state index in [4.69, 9.17) is 31.6 Å². The number of amides is 3. The number of phenols is 1. The molecule has 0 radical (unpaired) electrons. The average molecular weight is 511 g/mol. The number of carbonyl (C=O) groups excluding carboxylic acids is 2. The van der Waals surface area contributed by atoms with E-state index in [1.54, 1.807) is 4.90 Å². The largest absolute Gasteiger partial charge is 0.505 e. The molecule has 3 rings (SSSR count). The van der Waals surface area contributed by atoms with Crippen molar-refractivity contribution in [3.8, 4) is 11.8 Å². The third kappa shape index (κ3) is 7.86. The molecule has 2 aliphatic rings. The van der Waals surface area contributed by atoms with Crippen LogP contribution in [-0.4, -0.2) is 59.4 Å². The number of nitriles is 1. The second kappa shape index (κ2) is 12.0. The number of halogens is 2. The van der Waals surface area contributed by atoms with Gasteiger partial charge in [-0.15, -0.1) is 0 Å². The van der Waals surface area contributed by atoms with Crippen LogP contribution in [0.15, 0.2) is 21.7 Å². The van der Waals surface area contributed by atoms with Gasteiger partial charge in [-0.05, 0) is 28.1 Å². The lowest BCUT2D eigenvalue weighted by molar-refractivity contribution is -0.123. The number of piperazine rings is 1. The maximum Gasteiger partial charge on any atom is 0.411 e. The highest BCUT2D eigenvalue weighted by atomic mass is 79.9. The molecule has 0 spiro atoms. The summed E-state index contributed by atoms with van der Waals surface area (Å²) in [4.78, 5) is 33.8. The molecule has 0 aromatic heterocycles. The molecular formula is C17H20BrClN6O5. The van der Waals surface area contributed by atoms with Crippen LogP contribution in [0.2, 0.25) is 5.02 Å². The first-order chi connectivity index (χ1) is 17.1. The number of nitrogens with one attached hydrogen (secondary N) is 3. The van der Waals surface area contributed by atoms with E-state index in [9.17, 15) is 14.4 Å². The Kier molecular flexibility index (Phi) is 6.34. The van der Waals surface area contributed by atoms with Crippen molar-refractivity contribution in [3.63, 3.8) is 0 Å². The van der Waals surface area contributed by atoms with E-state index in [2.05, 4.69) is 36.9 Å². The standard InChI is InChI=1S/C10H6BrClN4O4.C4H6N2O.C3H8/c11-5-1-4(2-6(12)8(5)17)15-16-7(3-13)9(18)14-10(19)20;7-4-1-5-3-2-6(3)4;1-3-2/h1-2,15,17H,(H,14,18)(H,19,20);3,5H,1-2H2;3H2,1-2H3/i;1D;1D2,2D3/hD. The number of hydrogen-bond acceptors (Lipinski definition) is 8. The lowest BCUT2D eigenvalue weighted by atomic mass is 10.3. The normalized spacial score (nSPS) is 22.3. The summed E-state index contributed by atoms with van der Waals surface area (Å²) in [5.74, 6) is -1.17. The first-order valence-electron chi connectivity index (χ1n) is 11.5. The van der Waals surface area contributed by atoms with Crippen LogP contribution in [0.25, 0.3) is 0 Å². The number of nitrogens with zero attached hydrogens (tertiary/aromatic N) is 3. The van der Waals surface area contributed by atoms with Crippen molar-refractivity contribution in [2.75, 3.05) is 18.5 Å². The second-order valence-corrected chi connectivity index (χ2v) is 6.50. The number of phenolic OH excluding ortho intramolecular Hbond substituents is 1. The summed E-state index contributed by atoms with van der Waals surface area (Å²) < 4.78 is 46.9. The quantitative estimate of drug-likeness (QED) is 0.177. The molecule has 5 N–H and O–H groups in total. The maximum absolute atomic E-state index is 11.3. The van der Waals surface area contributed by atoms with Crippen LogP contribution in [0.4, 0.5) is 10.5 Å². The van der Waals surface area contributed by atoms with Gasteiger partial charge < -0.3 is 15.1 Å². The van der Waals surface area contributed by atoms with Crippen molar-refractivity contribution >= 4 is 56.8 Å². The van der Waals surface area contributed by atoms with Gasteiger partial charge in [0.25, 0.3) is 7.34 Å². The molecule has 3 amide bonds. The molecule has 13 heteroatoms. The first-order valence-corrected chi connectivity index (χ1v) is 9.00. The van der Waals surface area contributed by atoms with Crippen LogP contribution in [0.5, 0.6) is 5.75 Å².